The normalized spacial score (nSPS) is 11.9. The molecular weight excluding hydrogens is 375 g/mol. The summed E-state index contributed by atoms with van der Waals surface area (Å²) in [5.41, 5.74) is 2.38. The summed E-state index contributed by atoms with van der Waals surface area (Å²) in [4.78, 5) is 11.7. The Labute approximate surface area is 150 Å². The molecule has 0 saturated carbocycles. The summed E-state index contributed by atoms with van der Waals surface area (Å²) in [6.45, 7) is 1.65. The smallest absolute Gasteiger partial charge is 0.416 e. The first kappa shape index (κ1) is 18.9. The van der Waals surface area contributed by atoms with E-state index >= 15 is 0 Å². The number of carboxylic acids is 1. The summed E-state index contributed by atoms with van der Waals surface area (Å²) in [6.07, 6.45) is -4.44. The number of hydrogen-bond acceptors (Lipinski definition) is 4. The van der Waals surface area contributed by atoms with Crippen LogP contribution in [0.5, 0.6) is 0 Å². The lowest BCUT2D eigenvalue weighted by Gasteiger charge is -2.11. The first-order valence-corrected chi connectivity index (χ1v) is 8.01. The third kappa shape index (κ3) is 5.26. The highest BCUT2D eigenvalue weighted by Crippen LogP contribution is 2.30. The van der Waals surface area contributed by atoms with Crippen molar-refractivity contribution in [2.75, 3.05) is 5.32 Å². The molecule has 0 amide bonds. The van der Waals surface area contributed by atoms with E-state index < -0.39 is 17.7 Å². The van der Waals surface area contributed by atoms with E-state index in [0.29, 0.717) is 10.6 Å². The van der Waals surface area contributed by atoms with Crippen molar-refractivity contribution in [1.29, 1.82) is 0 Å². The van der Waals surface area contributed by atoms with Crippen LogP contribution < -0.4 is 10.7 Å². The van der Waals surface area contributed by atoms with Gasteiger partial charge in [0.25, 0.3) is 0 Å². The predicted molar refractivity (Wildman–Crippen MR) is 94.3 cm³/mol. The van der Waals surface area contributed by atoms with Gasteiger partial charge in [-0.25, -0.2) is 4.79 Å². The average Bonchev–Trinajstić information content (AvgIpc) is 3.02. The molecule has 0 aliphatic carbocycles. The number of carbonyl (C=O) groups is 1. The SMILES string of the molecule is C/C(=N/NC(=S)Nc1cccc(C(F)(F)F)c1)c1ccc(C(=O)O)s1. The Morgan fingerprint density at radius 3 is 2.52 bits per heavy atom. The fourth-order valence-corrected chi connectivity index (χ4v) is 2.72. The van der Waals surface area contributed by atoms with Crippen molar-refractivity contribution in [3.63, 3.8) is 0 Å². The molecule has 25 heavy (non-hydrogen) atoms. The number of thiocarbonyl (C=S) groups is 1. The van der Waals surface area contributed by atoms with E-state index in [1.54, 1.807) is 13.0 Å². The lowest BCUT2D eigenvalue weighted by atomic mass is 10.2. The third-order valence-corrected chi connectivity index (χ3v) is 4.32. The van der Waals surface area contributed by atoms with Gasteiger partial charge in [-0.3, -0.25) is 5.43 Å². The van der Waals surface area contributed by atoms with Crippen molar-refractivity contribution in [3.8, 4) is 0 Å². The second-order valence-electron chi connectivity index (χ2n) is 4.81. The molecule has 5 nitrogen and oxygen atoms in total. The molecule has 2 aromatic rings. The van der Waals surface area contributed by atoms with Crippen LogP contribution in [0.4, 0.5) is 18.9 Å². The second kappa shape index (κ2) is 7.62. The number of rotatable bonds is 4. The van der Waals surface area contributed by atoms with Crippen LogP contribution in [-0.4, -0.2) is 21.9 Å². The molecule has 0 atom stereocenters. The van der Waals surface area contributed by atoms with Crippen LogP contribution in [0.2, 0.25) is 0 Å². The summed E-state index contributed by atoms with van der Waals surface area (Å²) in [5.74, 6) is -1.03. The Kier molecular flexibility index (Phi) is 5.75. The number of halogens is 3. The van der Waals surface area contributed by atoms with E-state index in [9.17, 15) is 18.0 Å². The number of aromatic carboxylic acids is 1. The Bertz CT molecular complexity index is 831. The van der Waals surface area contributed by atoms with Gasteiger partial charge in [-0.05, 0) is 49.5 Å². The molecule has 1 heterocycles. The summed E-state index contributed by atoms with van der Waals surface area (Å²) in [5, 5.41) is 15.5. The van der Waals surface area contributed by atoms with Crippen molar-refractivity contribution in [2.45, 2.75) is 13.1 Å². The fourth-order valence-electron chi connectivity index (χ4n) is 1.77. The highest BCUT2D eigenvalue weighted by molar-refractivity contribution is 7.80. The van der Waals surface area contributed by atoms with Crippen LogP contribution in [0, 0.1) is 0 Å². The van der Waals surface area contributed by atoms with Crippen LogP contribution in [0.3, 0.4) is 0 Å². The molecule has 0 saturated heterocycles. The van der Waals surface area contributed by atoms with Crippen molar-refractivity contribution >= 4 is 46.0 Å². The summed E-state index contributed by atoms with van der Waals surface area (Å²) >= 11 is 6.04. The highest BCUT2D eigenvalue weighted by Gasteiger charge is 2.30. The summed E-state index contributed by atoms with van der Waals surface area (Å²) < 4.78 is 38.0. The van der Waals surface area contributed by atoms with E-state index in [4.69, 9.17) is 17.3 Å². The zero-order valence-corrected chi connectivity index (χ0v) is 14.4. The zero-order chi connectivity index (χ0) is 18.6. The first-order chi connectivity index (χ1) is 11.7. The van der Waals surface area contributed by atoms with E-state index in [1.807, 2.05) is 0 Å². The van der Waals surface area contributed by atoms with Crippen LogP contribution >= 0.6 is 23.6 Å². The second-order valence-corrected chi connectivity index (χ2v) is 6.30. The molecule has 0 unspecified atom stereocenters. The van der Waals surface area contributed by atoms with Gasteiger partial charge in [0.1, 0.15) is 4.88 Å². The van der Waals surface area contributed by atoms with Gasteiger partial charge < -0.3 is 10.4 Å². The van der Waals surface area contributed by atoms with Gasteiger partial charge in [-0.1, -0.05) is 6.07 Å². The van der Waals surface area contributed by atoms with Crippen LogP contribution in [-0.2, 0) is 6.18 Å². The number of alkyl halides is 3. The maximum atomic E-state index is 12.7. The van der Waals surface area contributed by atoms with Crippen LogP contribution in [0.15, 0.2) is 41.5 Å². The molecule has 1 aromatic heterocycles. The maximum Gasteiger partial charge on any atom is 0.416 e. The monoisotopic (exact) mass is 387 g/mol. The van der Waals surface area contributed by atoms with Crippen LogP contribution in [0.25, 0.3) is 0 Å². The molecule has 0 fully saturated rings. The van der Waals surface area contributed by atoms with Gasteiger partial charge in [0.05, 0.1) is 16.2 Å². The van der Waals surface area contributed by atoms with Crippen LogP contribution in [0.1, 0.15) is 27.0 Å². The Morgan fingerprint density at radius 1 is 1.24 bits per heavy atom. The van der Waals surface area contributed by atoms with Gasteiger partial charge in [0.2, 0.25) is 0 Å². The number of benzene rings is 1. The minimum Gasteiger partial charge on any atom is -0.477 e. The van der Waals surface area contributed by atoms with Gasteiger partial charge in [0.15, 0.2) is 5.11 Å². The molecule has 0 aliphatic rings. The molecule has 0 aliphatic heterocycles. The molecule has 10 heteroatoms. The van der Waals surface area contributed by atoms with Gasteiger partial charge in [-0.2, -0.15) is 18.3 Å². The minimum absolute atomic E-state index is 0.00805. The molecule has 2 rings (SSSR count). The number of carboxylic acid groups (broad SMARTS) is 1. The first-order valence-electron chi connectivity index (χ1n) is 6.79. The third-order valence-electron chi connectivity index (χ3n) is 2.95. The number of nitrogens with zero attached hydrogens (tertiary/aromatic N) is 1. The molecule has 132 valence electrons. The maximum absolute atomic E-state index is 12.7. The van der Waals surface area contributed by atoms with Crippen molar-refractivity contribution in [3.05, 3.63) is 51.7 Å². The molecule has 0 spiro atoms. The number of hydrazone groups is 1. The Morgan fingerprint density at radius 2 is 1.92 bits per heavy atom. The fraction of sp³-hybridized carbons (Fsp3) is 0.133. The standard InChI is InChI=1S/C15H12F3N3O2S2/c1-8(11-5-6-12(25-11)13(22)23)20-21-14(24)19-10-4-2-3-9(7-10)15(16,17)18/h2-7H,1H3,(H,22,23)(H2,19,21,24)/b20-8-. The molecular formula is C15H12F3N3O2S2. The van der Waals surface area contributed by atoms with Crippen molar-refractivity contribution < 1.29 is 23.1 Å². The van der Waals surface area contributed by atoms with Gasteiger partial charge in [0, 0.05) is 5.69 Å². The van der Waals surface area contributed by atoms with Crippen molar-refractivity contribution in [1.82, 2.24) is 5.43 Å². The Balaban J connectivity index is 2.01. The quantitative estimate of drug-likeness (QED) is 0.417. The zero-order valence-electron chi connectivity index (χ0n) is 12.7. The highest BCUT2D eigenvalue weighted by atomic mass is 32.1. The summed E-state index contributed by atoms with van der Waals surface area (Å²) in [7, 11) is 0. The molecule has 0 radical (unpaired) electrons. The topological polar surface area (TPSA) is 73.7 Å². The van der Waals surface area contributed by atoms with E-state index in [1.165, 1.54) is 18.2 Å². The summed E-state index contributed by atoms with van der Waals surface area (Å²) in [6, 6.07) is 7.67. The van der Waals surface area contributed by atoms with Gasteiger partial charge >= 0.3 is 12.1 Å². The minimum atomic E-state index is -4.44. The van der Waals surface area contributed by atoms with E-state index in [2.05, 4.69) is 15.8 Å². The predicted octanol–water partition coefficient (Wildman–Crippen LogP) is 4.18. The average molecular weight is 387 g/mol. The van der Waals surface area contributed by atoms with E-state index in [0.717, 1.165) is 23.5 Å². The number of thiophene rings is 1. The number of nitrogens with one attached hydrogen (secondary N) is 2. The number of anilines is 1. The lowest BCUT2D eigenvalue weighted by Crippen LogP contribution is -2.25. The lowest BCUT2D eigenvalue weighted by molar-refractivity contribution is -0.137. The van der Waals surface area contributed by atoms with E-state index in [-0.39, 0.29) is 15.7 Å². The molecule has 3 N–H and O–H groups in total. The van der Waals surface area contributed by atoms with Gasteiger partial charge in [-0.15, -0.1) is 11.3 Å². The number of hydrogen-bond donors (Lipinski definition) is 3. The molecule has 1 aromatic carbocycles. The molecule has 0 bridgehead atoms. The van der Waals surface area contributed by atoms with Crippen molar-refractivity contribution in [2.24, 2.45) is 5.10 Å². The largest absolute Gasteiger partial charge is 0.477 e. The Hall–Kier alpha value is -2.46.